The van der Waals surface area contributed by atoms with E-state index in [1.54, 1.807) is 24.3 Å². The average molecular weight is 380 g/mol. The predicted octanol–water partition coefficient (Wildman–Crippen LogP) is 4.47. The molecule has 5 aromatic rings. The summed E-state index contributed by atoms with van der Waals surface area (Å²) in [6, 6.07) is 23.8. The number of fused-ring (bicyclic) bond motifs is 2. The van der Waals surface area contributed by atoms with Crippen molar-refractivity contribution in [1.82, 2.24) is 9.55 Å². The summed E-state index contributed by atoms with van der Waals surface area (Å²) in [7, 11) is 0. The van der Waals surface area contributed by atoms with Gasteiger partial charge in [0.05, 0.1) is 11.1 Å². The summed E-state index contributed by atoms with van der Waals surface area (Å²) in [5, 5.41) is 0.312. The van der Waals surface area contributed by atoms with Crippen molar-refractivity contribution in [2.75, 3.05) is 0 Å². The molecule has 0 amide bonds. The van der Waals surface area contributed by atoms with E-state index in [0.29, 0.717) is 22.5 Å². The maximum Gasteiger partial charge on any atom is 0.273 e. The van der Waals surface area contributed by atoms with Gasteiger partial charge in [0.2, 0.25) is 11.1 Å². The van der Waals surface area contributed by atoms with Crippen LogP contribution >= 0.6 is 0 Å². The highest BCUT2D eigenvalue weighted by Crippen LogP contribution is 2.25. The fourth-order valence-corrected chi connectivity index (χ4v) is 3.57. The normalized spacial score (nSPS) is 11.2. The van der Waals surface area contributed by atoms with E-state index in [1.807, 2.05) is 61.5 Å². The van der Waals surface area contributed by atoms with Crippen molar-refractivity contribution in [3.63, 3.8) is 0 Å². The van der Waals surface area contributed by atoms with Crippen LogP contribution in [0.2, 0.25) is 0 Å². The molecule has 3 aromatic carbocycles. The Morgan fingerprint density at radius 3 is 2.31 bits per heavy atom. The third kappa shape index (κ3) is 2.67. The van der Waals surface area contributed by atoms with Crippen LogP contribution in [0.3, 0.4) is 0 Å². The Balaban J connectivity index is 2.01. The van der Waals surface area contributed by atoms with E-state index in [-0.39, 0.29) is 16.5 Å². The highest BCUT2D eigenvalue weighted by Gasteiger charge is 2.20. The average Bonchev–Trinajstić information content (AvgIpc) is 2.74. The van der Waals surface area contributed by atoms with Gasteiger partial charge in [-0.3, -0.25) is 14.2 Å². The van der Waals surface area contributed by atoms with Gasteiger partial charge in [0.25, 0.3) is 5.56 Å². The second-order valence-electron chi connectivity index (χ2n) is 6.83. The number of aromatic nitrogens is 2. The first-order chi connectivity index (χ1) is 14.1. The smallest absolute Gasteiger partial charge is 0.273 e. The Morgan fingerprint density at radius 2 is 1.52 bits per heavy atom. The van der Waals surface area contributed by atoms with Gasteiger partial charge in [-0.25, -0.2) is 0 Å². The molecule has 0 bridgehead atoms. The molecule has 5 rings (SSSR count). The van der Waals surface area contributed by atoms with Gasteiger partial charge in [0.1, 0.15) is 5.58 Å². The molecule has 0 saturated heterocycles. The molecule has 29 heavy (non-hydrogen) atoms. The molecule has 0 unspecified atom stereocenters. The van der Waals surface area contributed by atoms with Crippen LogP contribution in [0.5, 0.6) is 0 Å². The number of hydrogen-bond acceptors (Lipinski definition) is 4. The fourth-order valence-electron chi connectivity index (χ4n) is 3.57. The second kappa shape index (κ2) is 6.56. The Kier molecular flexibility index (Phi) is 3.88. The molecular weight excluding hydrogens is 364 g/mol. The summed E-state index contributed by atoms with van der Waals surface area (Å²) in [5.74, 6) is 0.435. The lowest BCUT2D eigenvalue weighted by atomic mass is 10.1. The highest BCUT2D eigenvalue weighted by atomic mass is 16.3. The van der Waals surface area contributed by atoms with Gasteiger partial charge in [-0.2, -0.15) is 4.98 Å². The quantitative estimate of drug-likeness (QED) is 0.424. The SMILES string of the molecule is Cc1ccccc1-c1nc2oc3ccccc3c(=O)c2c(=O)n1-c1ccccc1. The number of rotatable bonds is 2. The van der Waals surface area contributed by atoms with Crippen molar-refractivity contribution in [3.8, 4) is 17.1 Å². The summed E-state index contributed by atoms with van der Waals surface area (Å²) >= 11 is 0. The minimum absolute atomic E-state index is 0.0455. The molecule has 5 nitrogen and oxygen atoms in total. The van der Waals surface area contributed by atoms with Gasteiger partial charge in [-0.05, 0) is 36.8 Å². The summed E-state index contributed by atoms with van der Waals surface area (Å²) in [6.45, 7) is 1.96. The lowest BCUT2D eigenvalue weighted by Gasteiger charge is -2.14. The van der Waals surface area contributed by atoms with E-state index in [0.717, 1.165) is 11.1 Å². The van der Waals surface area contributed by atoms with Gasteiger partial charge in [0.15, 0.2) is 11.2 Å². The zero-order valence-electron chi connectivity index (χ0n) is 15.6. The van der Waals surface area contributed by atoms with E-state index in [2.05, 4.69) is 4.98 Å². The third-order valence-corrected chi connectivity index (χ3v) is 5.02. The van der Waals surface area contributed by atoms with E-state index >= 15 is 0 Å². The molecule has 140 valence electrons. The third-order valence-electron chi connectivity index (χ3n) is 5.02. The van der Waals surface area contributed by atoms with Crippen LogP contribution in [-0.2, 0) is 0 Å². The molecule has 0 aliphatic carbocycles. The van der Waals surface area contributed by atoms with E-state index in [9.17, 15) is 9.59 Å². The lowest BCUT2D eigenvalue weighted by Crippen LogP contribution is -2.26. The standard InChI is InChI=1S/C24H16N2O3/c1-15-9-5-6-12-17(15)22-25-23-20(21(27)18-13-7-8-14-19(18)29-23)24(28)26(22)16-10-3-2-4-11-16/h2-14H,1H3. The summed E-state index contributed by atoms with van der Waals surface area (Å²) in [4.78, 5) is 31.3. The predicted molar refractivity (Wildman–Crippen MR) is 114 cm³/mol. The van der Waals surface area contributed by atoms with Gasteiger partial charge < -0.3 is 4.42 Å². The number of aryl methyl sites for hydroxylation is 1. The van der Waals surface area contributed by atoms with E-state index in [4.69, 9.17) is 4.42 Å². The Morgan fingerprint density at radius 1 is 0.828 bits per heavy atom. The van der Waals surface area contributed by atoms with Crippen molar-refractivity contribution in [3.05, 3.63) is 105 Å². The van der Waals surface area contributed by atoms with Crippen molar-refractivity contribution in [2.45, 2.75) is 6.92 Å². The van der Waals surface area contributed by atoms with Crippen molar-refractivity contribution >= 4 is 22.1 Å². The summed E-state index contributed by atoms with van der Waals surface area (Å²) < 4.78 is 7.36. The van der Waals surface area contributed by atoms with Crippen LogP contribution in [0.15, 0.2) is 92.9 Å². The molecule has 0 spiro atoms. The van der Waals surface area contributed by atoms with Crippen LogP contribution in [0.1, 0.15) is 5.56 Å². The first-order valence-electron chi connectivity index (χ1n) is 9.25. The maximum absolute atomic E-state index is 13.6. The minimum atomic E-state index is -0.445. The molecule has 0 atom stereocenters. The fraction of sp³-hybridized carbons (Fsp3) is 0.0417. The second-order valence-corrected chi connectivity index (χ2v) is 6.83. The highest BCUT2D eigenvalue weighted by molar-refractivity contribution is 5.88. The molecule has 0 N–H and O–H groups in total. The molecule has 0 aliphatic heterocycles. The van der Waals surface area contributed by atoms with Crippen molar-refractivity contribution in [2.24, 2.45) is 0 Å². The lowest BCUT2D eigenvalue weighted by molar-refractivity contribution is 0.641. The minimum Gasteiger partial charge on any atom is -0.437 e. The molecule has 2 aromatic heterocycles. The number of nitrogens with zero attached hydrogens (tertiary/aromatic N) is 2. The Labute approximate surface area is 165 Å². The monoisotopic (exact) mass is 380 g/mol. The van der Waals surface area contributed by atoms with Gasteiger partial charge in [0, 0.05) is 5.56 Å². The Bertz CT molecular complexity index is 1500. The number of para-hydroxylation sites is 2. The van der Waals surface area contributed by atoms with Crippen LogP contribution < -0.4 is 11.0 Å². The van der Waals surface area contributed by atoms with E-state index < -0.39 is 5.56 Å². The van der Waals surface area contributed by atoms with Gasteiger partial charge >= 0.3 is 0 Å². The summed E-state index contributed by atoms with van der Waals surface area (Å²) in [5.41, 5.74) is 2.03. The topological polar surface area (TPSA) is 65.1 Å². The Hall–Kier alpha value is -3.99. The van der Waals surface area contributed by atoms with Gasteiger partial charge in [-0.15, -0.1) is 0 Å². The van der Waals surface area contributed by atoms with Gasteiger partial charge in [-0.1, -0.05) is 54.6 Å². The maximum atomic E-state index is 13.6. The number of hydrogen-bond donors (Lipinski definition) is 0. The molecule has 0 aliphatic rings. The van der Waals surface area contributed by atoms with Crippen LogP contribution in [0.25, 0.3) is 39.1 Å². The van der Waals surface area contributed by atoms with Crippen LogP contribution in [0.4, 0.5) is 0 Å². The zero-order chi connectivity index (χ0) is 20.0. The number of benzene rings is 3. The first kappa shape index (κ1) is 17.1. The van der Waals surface area contributed by atoms with E-state index in [1.165, 1.54) is 4.57 Å². The molecule has 5 heteroatoms. The molecule has 0 saturated carbocycles. The molecular formula is C24H16N2O3. The molecule has 0 fully saturated rings. The van der Waals surface area contributed by atoms with Crippen LogP contribution in [-0.4, -0.2) is 9.55 Å². The molecule has 0 radical (unpaired) electrons. The zero-order valence-corrected chi connectivity index (χ0v) is 15.6. The first-order valence-corrected chi connectivity index (χ1v) is 9.25. The van der Waals surface area contributed by atoms with Crippen LogP contribution in [0, 0.1) is 6.92 Å². The van der Waals surface area contributed by atoms with Crippen molar-refractivity contribution in [1.29, 1.82) is 0 Å². The van der Waals surface area contributed by atoms with Crippen molar-refractivity contribution < 1.29 is 4.42 Å². The summed E-state index contributed by atoms with van der Waals surface area (Å²) in [6.07, 6.45) is 0. The molecule has 2 heterocycles. The largest absolute Gasteiger partial charge is 0.437 e.